The molecule has 0 amide bonds. The molecule has 1 fully saturated rings. The molecule has 3 aromatic rings. The molecule has 2 atom stereocenters. The molecule has 2 unspecified atom stereocenters. The van der Waals surface area contributed by atoms with Crippen LogP contribution in [0.4, 0.5) is 5.82 Å². The summed E-state index contributed by atoms with van der Waals surface area (Å²) in [6, 6.07) is 9.70. The van der Waals surface area contributed by atoms with Crippen molar-refractivity contribution in [3.63, 3.8) is 0 Å². The summed E-state index contributed by atoms with van der Waals surface area (Å²) in [6.07, 6.45) is 3.02. The predicted octanol–water partition coefficient (Wildman–Crippen LogP) is 2.71. The summed E-state index contributed by atoms with van der Waals surface area (Å²) in [6.45, 7) is 4.54. The van der Waals surface area contributed by atoms with Crippen LogP contribution in [0.25, 0.3) is 11.4 Å². The summed E-state index contributed by atoms with van der Waals surface area (Å²) in [7, 11) is 1.90. The van der Waals surface area contributed by atoms with Crippen LogP contribution in [0.15, 0.2) is 36.5 Å². The van der Waals surface area contributed by atoms with Crippen molar-refractivity contribution in [2.24, 2.45) is 7.05 Å². The maximum atomic E-state index is 7.89. The molecule has 3 N–H and O–H groups in total. The molecule has 3 heterocycles. The van der Waals surface area contributed by atoms with Gasteiger partial charge in [0.1, 0.15) is 22.8 Å². The monoisotopic (exact) mass is 376 g/mol. The second kappa shape index (κ2) is 7.03. The Morgan fingerprint density at radius 2 is 2.04 bits per heavy atom. The van der Waals surface area contributed by atoms with E-state index in [1.165, 1.54) is 10.2 Å². The van der Waals surface area contributed by atoms with Crippen LogP contribution in [-0.2, 0) is 7.05 Å². The van der Waals surface area contributed by atoms with Crippen molar-refractivity contribution in [1.29, 1.82) is 10.8 Å². The average Bonchev–Trinajstić information content (AvgIpc) is 3.38. The maximum absolute atomic E-state index is 7.89. The molecule has 0 spiro atoms. The number of rotatable bonds is 5. The minimum Gasteiger partial charge on any atom is -0.370 e. The van der Waals surface area contributed by atoms with Gasteiger partial charge in [0.05, 0.1) is 11.4 Å². The molecular weight excluding hydrogens is 352 g/mol. The van der Waals surface area contributed by atoms with Crippen LogP contribution in [0.2, 0.25) is 0 Å². The molecule has 0 saturated heterocycles. The number of aryl methyl sites for hydroxylation is 1. The van der Waals surface area contributed by atoms with Gasteiger partial charge in [-0.3, -0.25) is 15.5 Å². The van der Waals surface area contributed by atoms with E-state index < -0.39 is 0 Å². The Morgan fingerprint density at radius 1 is 1.21 bits per heavy atom. The lowest BCUT2D eigenvalue weighted by Crippen LogP contribution is -2.27. The van der Waals surface area contributed by atoms with E-state index in [-0.39, 0.29) is 11.3 Å². The van der Waals surface area contributed by atoms with Crippen LogP contribution in [-0.4, -0.2) is 36.9 Å². The Morgan fingerprint density at radius 3 is 2.71 bits per heavy atom. The number of anilines is 1. The fourth-order valence-electron chi connectivity index (χ4n) is 3.53. The zero-order valence-corrected chi connectivity index (χ0v) is 16.3. The molecule has 0 aliphatic heterocycles. The van der Waals surface area contributed by atoms with E-state index in [1.807, 2.05) is 24.0 Å². The van der Waals surface area contributed by atoms with E-state index >= 15 is 0 Å². The number of nitrogens with one attached hydrogen (secondary N) is 3. The first kappa shape index (κ1) is 18.1. The summed E-state index contributed by atoms with van der Waals surface area (Å²) < 4.78 is 3.15. The van der Waals surface area contributed by atoms with Gasteiger partial charge in [-0.25, -0.2) is 9.67 Å². The molecule has 4 rings (SSSR count). The molecule has 28 heavy (non-hydrogen) atoms. The molecule has 1 saturated carbocycles. The van der Waals surface area contributed by atoms with E-state index in [0.29, 0.717) is 17.5 Å². The van der Waals surface area contributed by atoms with E-state index in [2.05, 4.69) is 34.5 Å². The van der Waals surface area contributed by atoms with Gasteiger partial charge in [0.25, 0.3) is 0 Å². The van der Waals surface area contributed by atoms with E-state index in [0.717, 1.165) is 30.2 Å². The van der Waals surface area contributed by atoms with Gasteiger partial charge in [0.2, 0.25) is 0 Å². The van der Waals surface area contributed by atoms with Crippen molar-refractivity contribution in [3.05, 3.63) is 53.3 Å². The van der Waals surface area contributed by atoms with Crippen molar-refractivity contribution in [2.75, 3.05) is 11.9 Å². The highest BCUT2D eigenvalue weighted by Gasteiger charge is 2.41. The van der Waals surface area contributed by atoms with E-state index in [1.54, 1.807) is 19.1 Å². The van der Waals surface area contributed by atoms with Crippen LogP contribution in [0.1, 0.15) is 43.4 Å². The van der Waals surface area contributed by atoms with E-state index in [4.69, 9.17) is 15.9 Å². The van der Waals surface area contributed by atoms with Crippen molar-refractivity contribution >= 4 is 11.7 Å². The number of nitrogens with zero attached hydrogens (tertiary/aromatic N) is 5. The zero-order chi connectivity index (χ0) is 19.8. The average molecular weight is 376 g/mol. The number of hydrogen-bond acceptors (Lipinski definition) is 6. The molecule has 3 aromatic heterocycles. The molecule has 8 nitrogen and oxygen atoms in total. The van der Waals surface area contributed by atoms with Crippen LogP contribution in [0, 0.1) is 10.8 Å². The minimum atomic E-state index is 0.189. The van der Waals surface area contributed by atoms with Crippen LogP contribution in [0.3, 0.4) is 0 Å². The summed E-state index contributed by atoms with van der Waals surface area (Å²) in [5.41, 5.74) is 4.07. The largest absolute Gasteiger partial charge is 0.370 e. The van der Waals surface area contributed by atoms with Gasteiger partial charge >= 0.3 is 0 Å². The van der Waals surface area contributed by atoms with Gasteiger partial charge in [-0.2, -0.15) is 10.2 Å². The van der Waals surface area contributed by atoms with Crippen LogP contribution < -0.4 is 10.8 Å². The summed E-state index contributed by atoms with van der Waals surface area (Å²) >= 11 is 0. The fraction of sp³-hybridized carbons (Fsp3) is 0.350. The summed E-state index contributed by atoms with van der Waals surface area (Å²) in [5, 5.41) is 28.0. The van der Waals surface area contributed by atoms with Gasteiger partial charge in [-0.1, -0.05) is 6.07 Å². The highest BCUT2D eigenvalue weighted by molar-refractivity contribution is 5.77. The Bertz CT molecular complexity index is 1080. The van der Waals surface area contributed by atoms with Crippen molar-refractivity contribution in [3.8, 4) is 11.4 Å². The standard InChI is InChI=1S/C20H24N8/c1-4-23-20-8-5-13(11-24-20)14-9-15(14)17-10-18(27(3)25-17)16-6-7-19(22)28(26-16)12(2)21/h5-8,10-11,14-15,21-22H,4,9H2,1-3H3,(H,23,24). The lowest BCUT2D eigenvalue weighted by molar-refractivity contribution is 0.737. The lowest BCUT2D eigenvalue weighted by atomic mass is 10.1. The quantitative estimate of drug-likeness (QED) is 0.470. The number of aromatic nitrogens is 5. The lowest BCUT2D eigenvalue weighted by Gasteiger charge is -2.06. The summed E-state index contributed by atoms with van der Waals surface area (Å²) in [5.74, 6) is 1.95. The second-order valence-corrected chi connectivity index (χ2v) is 7.13. The highest BCUT2D eigenvalue weighted by Crippen LogP contribution is 2.54. The predicted molar refractivity (Wildman–Crippen MR) is 108 cm³/mol. The molecule has 144 valence electrons. The van der Waals surface area contributed by atoms with Crippen LogP contribution >= 0.6 is 0 Å². The Labute approximate surface area is 163 Å². The van der Waals surface area contributed by atoms with Gasteiger partial charge in [0, 0.05) is 25.7 Å². The van der Waals surface area contributed by atoms with Gasteiger partial charge < -0.3 is 5.32 Å². The molecule has 8 heteroatoms. The van der Waals surface area contributed by atoms with Gasteiger partial charge in [-0.05, 0) is 56.0 Å². The molecule has 1 aliphatic rings. The van der Waals surface area contributed by atoms with Crippen molar-refractivity contribution in [1.82, 2.24) is 24.5 Å². The van der Waals surface area contributed by atoms with E-state index in [9.17, 15) is 0 Å². The number of hydrogen-bond donors (Lipinski definition) is 3. The molecule has 0 aromatic carbocycles. The molecule has 0 bridgehead atoms. The van der Waals surface area contributed by atoms with Gasteiger partial charge in [-0.15, -0.1) is 0 Å². The van der Waals surface area contributed by atoms with Gasteiger partial charge in [0.15, 0.2) is 0 Å². The highest BCUT2D eigenvalue weighted by atomic mass is 15.3. The molecular formula is C20H24N8. The third kappa shape index (κ3) is 3.33. The second-order valence-electron chi connectivity index (χ2n) is 7.13. The maximum Gasteiger partial charge on any atom is 0.148 e. The minimum absolute atomic E-state index is 0.189. The third-order valence-electron chi connectivity index (χ3n) is 5.06. The normalized spacial score (nSPS) is 18.1. The first-order chi connectivity index (χ1) is 13.5. The SMILES string of the molecule is CCNc1ccc(C2CC2c2cc(-c3ccc(=N)n(C(C)=N)n3)n(C)n2)cn1. The Balaban J connectivity index is 1.57. The Kier molecular flexibility index (Phi) is 4.54. The smallest absolute Gasteiger partial charge is 0.148 e. The topological polar surface area (TPSA) is 108 Å². The number of pyridine rings is 1. The fourth-order valence-corrected chi connectivity index (χ4v) is 3.53. The van der Waals surface area contributed by atoms with Crippen molar-refractivity contribution < 1.29 is 0 Å². The third-order valence-corrected chi connectivity index (χ3v) is 5.06. The Hall–Kier alpha value is -3.29. The first-order valence-corrected chi connectivity index (χ1v) is 9.42. The summed E-state index contributed by atoms with van der Waals surface area (Å²) in [4.78, 5) is 4.48. The first-order valence-electron chi connectivity index (χ1n) is 9.42. The van der Waals surface area contributed by atoms with Crippen molar-refractivity contribution in [2.45, 2.75) is 32.1 Å². The van der Waals surface area contributed by atoms with Crippen LogP contribution in [0.5, 0.6) is 0 Å². The molecule has 0 radical (unpaired) electrons. The zero-order valence-electron chi connectivity index (χ0n) is 16.3. The molecule has 1 aliphatic carbocycles.